The maximum atomic E-state index is 12.4. The van der Waals surface area contributed by atoms with Gasteiger partial charge in [-0.2, -0.15) is 0 Å². The molecule has 0 saturated carbocycles. The van der Waals surface area contributed by atoms with E-state index in [9.17, 15) is 19.7 Å². The highest BCUT2D eigenvalue weighted by atomic mass is 16.7. The third kappa shape index (κ3) is 4.40. The number of hydrogen-bond donors (Lipinski definition) is 0. The summed E-state index contributed by atoms with van der Waals surface area (Å²) in [5.74, 6) is -2.57. The molecule has 0 aliphatic carbocycles. The first-order chi connectivity index (χ1) is 14.4. The van der Waals surface area contributed by atoms with Crippen LogP contribution in [0.15, 0.2) is 48.5 Å². The van der Waals surface area contributed by atoms with Crippen molar-refractivity contribution in [3.05, 3.63) is 69.8 Å². The number of carbonyl (C=O) groups excluding carboxylic acids is 2. The Bertz CT molecular complexity index is 984. The fourth-order valence-corrected chi connectivity index (χ4v) is 3.14. The minimum Gasteiger partial charge on any atom is -0.468 e. The largest absolute Gasteiger partial charge is 0.468 e. The summed E-state index contributed by atoms with van der Waals surface area (Å²) in [5, 5.41) is 11.0. The summed E-state index contributed by atoms with van der Waals surface area (Å²) in [6.45, 7) is 0.0738. The highest BCUT2D eigenvalue weighted by Gasteiger charge is 2.37. The quantitative estimate of drug-likeness (QED) is 0.294. The van der Waals surface area contributed by atoms with Gasteiger partial charge in [-0.25, -0.2) is 0 Å². The van der Waals surface area contributed by atoms with Crippen molar-refractivity contribution >= 4 is 23.7 Å². The van der Waals surface area contributed by atoms with E-state index in [2.05, 4.69) is 0 Å². The number of benzene rings is 2. The molecule has 0 saturated heterocycles. The van der Waals surface area contributed by atoms with Gasteiger partial charge in [-0.05, 0) is 23.3 Å². The lowest BCUT2D eigenvalue weighted by atomic mass is 9.85. The molecule has 0 N–H and O–H groups in total. The summed E-state index contributed by atoms with van der Waals surface area (Å²) in [7, 11) is 2.36. The Kier molecular flexibility index (Phi) is 6.31. The number of hydrogen-bond acceptors (Lipinski definition) is 8. The minimum atomic E-state index is -1.28. The van der Waals surface area contributed by atoms with Crippen LogP contribution in [0.1, 0.15) is 17.0 Å². The number of nitrogens with zero attached hydrogens (tertiary/aromatic N) is 1. The molecule has 2 aromatic rings. The first-order valence-electron chi connectivity index (χ1n) is 8.92. The van der Waals surface area contributed by atoms with Crippen molar-refractivity contribution < 1.29 is 33.5 Å². The molecule has 1 aliphatic heterocycles. The van der Waals surface area contributed by atoms with Crippen LogP contribution in [0, 0.1) is 16.0 Å². The zero-order valence-corrected chi connectivity index (χ0v) is 16.3. The average molecular weight is 413 g/mol. The Balaban J connectivity index is 2.04. The molecule has 1 atom stereocenters. The van der Waals surface area contributed by atoms with Gasteiger partial charge in [0.15, 0.2) is 17.4 Å². The first-order valence-corrected chi connectivity index (χ1v) is 8.92. The fourth-order valence-electron chi connectivity index (χ4n) is 3.14. The van der Waals surface area contributed by atoms with Crippen molar-refractivity contribution in [3.63, 3.8) is 0 Å². The topological polar surface area (TPSA) is 114 Å². The van der Waals surface area contributed by atoms with E-state index in [0.717, 1.165) is 0 Å². The lowest BCUT2D eigenvalue weighted by Crippen LogP contribution is -2.31. The van der Waals surface area contributed by atoms with Gasteiger partial charge < -0.3 is 18.9 Å². The van der Waals surface area contributed by atoms with Crippen LogP contribution in [0.25, 0.3) is 6.08 Å². The van der Waals surface area contributed by atoms with Gasteiger partial charge in [0, 0.05) is 18.1 Å². The zero-order valence-electron chi connectivity index (χ0n) is 16.3. The van der Waals surface area contributed by atoms with E-state index in [-0.39, 0.29) is 12.5 Å². The number of esters is 2. The third-order valence-corrected chi connectivity index (χ3v) is 4.63. The molecule has 0 spiro atoms. The van der Waals surface area contributed by atoms with E-state index in [4.69, 9.17) is 18.9 Å². The third-order valence-electron chi connectivity index (χ3n) is 4.63. The summed E-state index contributed by atoms with van der Waals surface area (Å²) in [6, 6.07) is 11.0. The van der Waals surface area contributed by atoms with E-state index in [0.29, 0.717) is 22.6 Å². The van der Waals surface area contributed by atoms with Crippen LogP contribution >= 0.6 is 0 Å². The summed E-state index contributed by atoms with van der Waals surface area (Å²) < 4.78 is 20.3. The maximum absolute atomic E-state index is 12.4. The number of ether oxygens (including phenoxy) is 4. The number of allylic oxidation sites excluding steroid dienone is 1. The van der Waals surface area contributed by atoms with Gasteiger partial charge >= 0.3 is 11.9 Å². The Labute approximate surface area is 172 Å². The van der Waals surface area contributed by atoms with E-state index in [1.54, 1.807) is 42.5 Å². The smallest absolute Gasteiger partial charge is 0.321 e. The van der Waals surface area contributed by atoms with E-state index in [1.807, 2.05) is 0 Å². The number of methoxy groups -OCH3 is 2. The second-order valence-electron chi connectivity index (χ2n) is 6.37. The van der Waals surface area contributed by atoms with E-state index >= 15 is 0 Å². The lowest BCUT2D eigenvalue weighted by molar-refractivity contribution is -0.384. The molecule has 0 aromatic heterocycles. The van der Waals surface area contributed by atoms with Crippen molar-refractivity contribution in [1.82, 2.24) is 0 Å². The highest BCUT2D eigenvalue weighted by Crippen LogP contribution is 2.38. The molecule has 3 rings (SSSR count). The molecule has 0 radical (unpaired) electrons. The molecule has 2 aromatic carbocycles. The molecule has 0 amide bonds. The molecular weight excluding hydrogens is 394 g/mol. The van der Waals surface area contributed by atoms with Crippen LogP contribution < -0.4 is 9.47 Å². The monoisotopic (exact) mass is 413 g/mol. The van der Waals surface area contributed by atoms with Gasteiger partial charge in [0.25, 0.3) is 5.69 Å². The number of fused-ring (bicyclic) bond motifs is 1. The molecule has 1 heterocycles. The molecule has 156 valence electrons. The van der Waals surface area contributed by atoms with Gasteiger partial charge in [0.1, 0.15) is 0 Å². The Hall–Kier alpha value is -3.88. The summed E-state index contributed by atoms with van der Waals surface area (Å²) in [6.07, 6.45) is 3.20. The van der Waals surface area contributed by atoms with Crippen LogP contribution in [0.3, 0.4) is 0 Å². The number of nitro groups is 1. The molecule has 9 nitrogen and oxygen atoms in total. The van der Waals surface area contributed by atoms with Crippen LogP contribution in [0.2, 0.25) is 0 Å². The lowest BCUT2D eigenvalue weighted by Gasteiger charge is -2.21. The molecule has 1 unspecified atom stereocenters. The standard InChI is InChI=1S/C21H19NO8/c1-27-20(23)19(21(24)28-2)16(14-7-9-17-18(11-14)30-12-29-17)8-6-13-4-3-5-15(10-13)22(25)26/h3-11,16,19H,12H2,1-2H3/b8-6+. The fraction of sp³-hybridized carbons (Fsp3) is 0.238. The van der Waals surface area contributed by atoms with Gasteiger partial charge in [0.2, 0.25) is 6.79 Å². The Morgan fingerprint density at radius 3 is 2.43 bits per heavy atom. The average Bonchev–Trinajstić information content (AvgIpc) is 3.23. The number of nitro benzene ring substituents is 1. The summed E-state index contributed by atoms with van der Waals surface area (Å²) in [5.41, 5.74) is 1.04. The first kappa shape index (κ1) is 20.8. The molecule has 9 heteroatoms. The summed E-state index contributed by atoms with van der Waals surface area (Å²) in [4.78, 5) is 35.3. The highest BCUT2D eigenvalue weighted by molar-refractivity contribution is 5.96. The van der Waals surface area contributed by atoms with Crippen LogP contribution in [-0.2, 0) is 19.1 Å². The second-order valence-corrected chi connectivity index (χ2v) is 6.37. The van der Waals surface area contributed by atoms with Crippen molar-refractivity contribution in [2.45, 2.75) is 5.92 Å². The number of rotatable bonds is 7. The normalized spacial score (nSPS) is 13.3. The van der Waals surface area contributed by atoms with Crippen LogP contribution in [0.4, 0.5) is 5.69 Å². The Morgan fingerprint density at radius 1 is 1.07 bits per heavy atom. The van der Waals surface area contributed by atoms with Gasteiger partial charge in [-0.15, -0.1) is 0 Å². The molecular formula is C21H19NO8. The van der Waals surface area contributed by atoms with Crippen molar-refractivity contribution in [2.24, 2.45) is 5.92 Å². The van der Waals surface area contributed by atoms with Crippen molar-refractivity contribution in [1.29, 1.82) is 0 Å². The molecule has 0 bridgehead atoms. The van der Waals surface area contributed by atoms with Crippen molar-refractivity contribution in [3.8, 4) is 11.5 Å². The molecule has 0 fully saturated rings. The number of carbonyl (C=O) groups is 2. The maximum Gasteiger partial charge on any atom is 0.321 e. The van der Waals surface area contributed by atoms with Gasteiger partial charge in [-0.3, -0.25) is 19.7 Å². The zero-order chi connectivity index (χ0) is 21.7. The van der Waals surface area contributed by atoms with E-state index in [1.165, 1.54) is 26.4 Å². The molecule has 30 heavy (non-hydrogen) atoms. The predicted octanol–water partition coefficient (Wildman–Crippen LogP) is 3.08. The second kappa shape index (κ2) is 9.08. The number of non-ortho nitro benzene ring substituents is 1. The van der Waals surface area contributed by atoms with Crippen molar-refractivity contribution in [2.75, 3.05) is 21.0 Å². The van der Waals surface area contributed by atoms with Crippen LogP contribution in [0.5, 0.6) is 11.5 Å². The van der Waals surface area contributed by atoms with Gasteiger partial charge in [-0.1, -0.05) is 30.4 Å². The predicted molar refractivity (Wildman–Crippen MR) is 105 cm³/mol. The van der Waals surface area contributed by atoms with Crippen LogP contribution in [-0.4, -0.2) is 37.9 Å². The Morgan fingerprint density at radius 2 is 1.77 bits per heavy atom. The van der Waals surface area contributed by atoms with Gasteiger partial charge in [0.05, 0.1) is 19.1 Å². The van der Waals surface area contributed by atoms with E-state index < -0.39 is 28.7 Å². The SMILES string of the molecule is COC(=O)C(C(=O)OC)C(/C=C/c1cccc([N+](=O)[O-])c1)c1ccc2c(c1)OCO2. The molecule has 1 aliphatic rings. The minimum absolute atomic E-state index is 0.0738. The summed E-state index contributed by atoms with van der Waals surface area (Å²) >= 11 is 0.